The van der Waals surface area contributed by atoms with Gasteiger partial charge in [-0.2, -0.15) is 0 Å². The molecule has 4 nitrogen and oxygen atoms in total. The molecule has 7 heteroatoms. The average Bonchev–Trinajstić information content (AvgIpc) is 3.27. The van der Waals surface area contributed by atoms with Crippen LogP contribution in [0.15, 0.2) is 59.6 Å². The summed E-state index contributed by atoms with van der Waals surface area (Å²) >= 11 is 1.29. The van der Waals surface area contributed by atoms with E-state index in [2.05, 4.69) is 5.32 Å². The Bertz CT molecular complexity index is 1170. The van der Waals surface area contributed by atoms with E-state index < -0.39 is 29.1 Å². The molecule has 1 aromatic heterocycles. The molecule has 1 aliphatic rings. The lowest BCUT2D eigenvalue weighted by Gasteiger charge is -2.16. The molecule has 2 amide bonds. The summed E-state index contributed by atoms with van der Waals surface area (Å²) in [5, 5.41) is 4.82. The largest absolute Gasteiger partial charge is 0.350 e. The first-order valence-corrected chi connectivity index (χ1v) is 9.71. The maximum atomic E-state index is 14.4. The number of hydrogen-bond donors (Lipinski definition) is 1. The number of halogens is 2. The van der Waals surface area contributed by atoms with Gasteiger partial charge in [-0.1, -0.05) is 23.8 Å². The number of aryl methyl sites for hydroxylation is 2. The van der Waals surface area contributed by atoms with Crippen molar-refractivity contribution in [3.63, 3.8) is 0 Å². The van der Waals surface area contributed by atoms with Gasteiger partial charge in [-0.15, -0.1) is 11.3 Å². The van der Waals surface area contributed by atoms with Crippen molar-refractivity contribution in [2.45, 2.75) is 13.8 Å². The Labute approximate surface area is 170 Å². The van der Waals surface area contributed by atoms with Crippen molar-refractivity contribution in [1.29, 1.82) is 0 Å². The molecular formula is C22H16F2N2O2S. The molecule has 0 saturated heterocycles. The van der Waals surface area contributed by atoms with Crippen LogP contribution in [0.4, 0.5) is 20.2 Å². The zero-order chi connectivity index (χ0) is 20.7. The van der Waals surface area contributed by atoms with Gasteiger partial charge in [-0.3, -0.25) is 9.59 Å². The number of amides is 2. The van der Waals surface area contributed by atoms with Crippen LogP contribution in [-0.4, -0.2) is 11.8 Å². The van der Waals surface area contributed by atoms with Crippen LogP contribution in [0.25, 0.3) is 5.57 Å². The first-order valence-electron chi connectivity index (χ1n) is 8.83. The van der Waals surface area contributed by atoms with Crippen LogP contribution in [0.5, 0.6) is 0 Å². The summed E-state index contributed by atoms with van der Waals surface area (Å²) in [6, 6.07) is 11.8. The van der Waals surface area contributed by atoms with Gasteiger partial charge >= 0.3 is 0 Å². The second-order valence-corrected chi connectivity index (χ2v) is 7.66. The summed E-state index contributed by atoms with van der Waals surface area (Å²) in [7, 11) is 0. The lowest BCUT2D eigenvalue weighted by Crippen LogP contribution is -2.33. The Morgan fingerprint density at radius 1 is 0.966 bits per heavy atom. The predicted octanol–water partition coefficient (Wildman–Crippen LogP) is 5.04. The van der Waals surface area contributed by atoms with Crippen molar-refractivity contribution in [3.8, 4) is 0 Å². The standard InChI is InChI=1S/C22H16F2N2O2S/c1-12-5-8-16(13(2)10-12)25-20-19(18-4-3-9-29-18)21(27)26(22(20)28)17-11-14(23)6-7-15(17)24/h3-11,25H,1-2H3. The van der Waals surface area contributed by atoms with Crippen molar-refractivity contribution in [2.24, 2.45) is 0 Å². The summed E-state index contributed by atoms with van der Waals surface area (Å²) in [6.45, 7) is 3.83. The smallest absolute Gasteiger partial charge is 0.282 e. The molecule has 1 N–H and O–H groups in total. The fourth-order valence-corrected chi connectivity index (χ4v) is 4.03. The maximum absolute atomic E-state index is 14.4. The molecule has 29 heavy (non-hydrogen) atoms. The highest BCUT2D eigenvalue weighted by Gasteiger charge is 2.42. The van der Waals surface area contributed by atoms with Crippen molar-refractivity contribution in [1.82, 2.24) is 0 Å². The molecule has 0 saturated carbocycles. The Hall–Kier alpha value is -3.32. The quantitative estimate of drug-likeness (QED) is 0.613. The number of carbonyl (C=O) groups excluding carboxylic acids is 2. The molecule has 3 aromatic rings. The van der Waals surface area contributed by atoms with Gasteiger partial charge in [-0.05, 0) is 49.1 Å². The third kappa shape index (κ3) is 3.34. The Morgan fingerprint density at radius 3 is 2.45 bits per heavy atom. The zero-order valence-electron chi connectivity index (χ0n) is 15.6. The van der Waals surface area contributed by atoms with Crippen LogP contribution in [0.2, 0.25) is 0 Å². The fourth-order valence-electron chi connectivity index (χ4n) is 3.26. The van der Waals surface area contributed by atoms with E-state index in [1.54, 1.807) is 17.5 Å². The minimum absolute atomic E-state index is 0.0352. The number of thiophene rings is 1. The topological polar surface area (TPSA) is 49.4 Å². The van der Waals surface area contributed by atoms with Crippen molar-refractivity contribution in [2.75, 3.05) is 10.2 Å². The number of nitrogens with one attached hydrogen (secondary N) is 1. The Morgan fingerprint density at radius 2 is 1.76 bits per heavy atom. The van der Waals surface area contributed by atoms with E-state index in [1.807, 2.05) is 32.0 Å². The van der Waals surface area contributed by atoms with E-state index in [0.29, 0.717) is 15.5 Å². The van der Waals surface area contributed by atoms with Crippen LogP contribution < -0.4 is 10.2 Å². The third-order valence-electron chi connectivity index (χ3n) is 4.64. The van der Waals surface area contributed by atoms with Crippen LogP contribution in [0.1, 0.15) is 16.0 Å². The maximum Gasteiger partial charge on any atom is 0.282 e. The molecule has 0 atom stereocenters. The fraction of sp³-hybridized carbons (Fsp3) is 0.0909. The van der Waals surface area contributed by atoms with E-state index >= 15 is 0 Å². The van der Waals surface area contributed by atoms with Crippen molar-refractivity contribution < 1.29 is 18.4 Å². The molecule has 0 radical (unpaired) electrons. The molecule has 4 rings (SSSR count). The lowest BCUT2D eigenvalue weighted by atomic mass is 10.1. The van der Waals surface area contributed by atoms with E-state index in [9.17, 15) is 18.4 Å². The zero-order valence-corrected chi connectivity index (χ0v) is 16.4. The van der Waals surface area contributed by atoms with E-state index in [1.165, 1.54) is 11.3 Å². The van der Waals surface area contributed by atoms with E-state index in [-0.39, 0.29) is 11.3 Å². The second kappa shape index (κ2) is 7.25. The molecular weight excluding hydrogens is 394 g/mol. The van der Waals surface area contributed by atoms with E-state index in [0.717, 1.165) is 29.3 Å². The highest BCUT2D eigenvalue weighted by molar-refractivity contribution is 7.11. The van der Waals surface area contributed by atoms with Gasteiger partial charge in [0, 0.05) is 16.6 Å². The molecule has 0 fully saturated rings. The number of benzene rings is 2. The summed E-state index contributed by atoms with van der Waals surface area (Å²) in [5.74, 6) is -3.03. The van der Waals surface area contributed by atoms with Crippen molar-refractivity contribution >= 4 is 40.1 Å². The number of hydrogen-bond acceptors (Lipinski definition) is 4. The molecule has 2 aromatic carbocycles. The van der Waals surface area contributed by atoms with E-state index in [4.69, 9.17) is 0 Å². The van der Waals surface area contributed by atoms with Crippen LogP contribution in [0.3, 0.4) is 0 Å². The number of nitrogens with zero attached hydrogens (tertiary/aromatic N) is 1. The summed E-state index contributed by atoms with van der Waals surface area (Å²) < 4.78 is 28.1. The van der Waals surface area contributed by atoms with Gasteiger partial charge in [0.15, 0.2) is 0 Å². The summed E-state index contributed by atoms with van der Waals surface area (Å²) in [4.78, 5) is 27.6. The first kappa shape index (κ1) is 19.0. The molecule has 0 unspecified atom stereocenters. The third-order valence-corrected chi connectivity index (χ3v) is 5.53. The van der Waals surface area contributed by atoms with Crippen LogP contribution in [0, 0.1) is 25.5 Å². The van der Waals surface area contributed by atoms with Gasteiger partial charge in [0.05, 0.1) is 11.3 Å². The highest BCUT2D eigenvalue weighted by Crippen LogP contribution is 2.37. The number of imide groups is 1. The minimum atomic E-state index is -0.855. The Kier molecular flexibility index (Phi) is 4.76. The lowest BCUT2D eigenvalue weighted by molar-refractivity contribution is -0.120. The van der Waals surface area contributed by atoms with Gasteiger partial charge in [0.2, 0.25) is 0 Å². The molecule has 2 heterocycles. The highest BCUT2D eigenvalue weighted by atomic mass is 32.1. The van der Waals surface area contributed by atoms with Gasteiger partial charge in [-0.25, -0.2) is 13.7 Å². The van der Waals surface area contributed by atoms with Gasteiger partial charge in [0.25, 0.3) is 11.8 Å². The molecule has 146 valence electrons. The van der Waals surface area contributed by atoms with Gasteiger partial charge < -0.3 is 5.32 Å². The molecule has 0 bridgehead atoms. The monoisotopic (exact) mass is 410 g/mol. The molecule has 0 spiro atoms. The van der Waals surface area contributed by atoms with Crippen LogP contribution >= 0.6 is 11.3 Å². The normalized spacial score (nSPS) is 14.1. The number of carbonyl (C=O) groups is 2. The summed E-state index contributed by atoms with van der Waals surface area (Å²) in [5.41, 5.74) is 2.35. The Balaban J connectivity index is 1.84. The SMILES string of the molecule is Cc1ccc(NC2=C(c3cccs3)C(=O)N(c3cc(F)ccc3F)C2=O)c(C)c1. The number of rotatable bonds is 4. The predicted molar refractivity (Wildman–Crippen MR) is 110 cm³/mol. The minimum Gasteiger partial charge on any atom is -0.350 e. The molecule has 1 aliphatic heterocycles. The molecule has 0 aliphatic carbocycles. The first-order chi connectivity index (χ1) is 13.9. The van der Waals surface area contributed by atoms with Crippen molar-refractivity contribution in [3.05, 3.63) is 87.2 Å². The second-order valence-electron chi connectivity index (χ2n) is 6.71. The summed E-state index contributed by atoms with van der Waals surface area (Å²) in [6.07, 6.45) is 0. The average molecular weight is 410 g/mol. The number of anilines is 2. The van der Waals surface area contributed by atoms with Gasteiger partial charge in [0.1, 0.15) is 17.3 Å². The van der Waals surface area contributed by atoms with Crippen LogP contribution in [-0.2, 0) is 9.59 Å².